The van der Waals surface area contributed by atoms with Gasteiger partial charge in [-0.05, 0) is 6.42 Å². The maximum Gasteiger partial charge on any atom is 0.223 e. The molecule has 0 aromatic carbocycles. The highest BCUT2D eigenvalue weighted by molar-refractivity contribution is 6.03. The molecule has 0 atom stereocenters. The molecule has 2 N–H and O–H groups in total. The molecule has 0 rings (SSSR count). The summed E-state index contributed by atoms with van der Waals surface area (Å²) in [7, 11) is 0. The van der Waals surface area contributed by atoms with E-state index in [0.29, 0.717) is 6.54 Å². The fraction of sp³-hybridized carbons (Fsp3) is 0.700. The van der Waals surface area contributed by atoms with Crippen LogP contribution < -0.4 is 10.6 Å². The lowest BCUT2D eigenvalue weighted by atomic mass is 10.2. The zero-order valence-electron chi connectivity index (χ0n) is 9.59. The van der Waals surface area contributed by atoms with Crippen LogP contribution in [0.3, 0.4) is 0 Å². The summed E-state index contributed by atoms with van der Waals surface area (Å²) in [6.45, 7) is 5.47. The second kappa shape index (κ2) is 7.96. The number of carbonyl (C=O) groups excluding carboxylic acids is 2. The molecular weight excluding hydrogens is 194 g/mol. The molecule has 0 saturated carbocycles. The minimum absolute atomic E-state index is 0.238. The normalized spacial score (nSPS) is 9.27. The summed E-state index contributed by atoms with van der Waals surface area (Å²) in [4.78, 5) is 25.7. The van der Waals surface area contributed by atoms with E-state index in [1.807, 2.05) is 0 Å². The first-order valence-electron chi connectivity index (χ1n) is 5.16. The summed E-state index contributed by atoms with van der Waals surface area (Å²) >= 11 is 0. The van der Waals surface area contributed by atoms with Gasteiger partial charge < -0.3 is 0 Å². The molecule has 0 heterocycles. The SMILES string of the molecule is CCCCCN=C(NC(C)=O)NC(C)=O. The molecule has 0 fully saturated rings. The van der Waals surface area contributed by atoms with Crippen molar-refractivity contribution in [3.8, 4) is 0 Å². The highest BCUT2D eigenvalue weighted by Gasteiger charge is 2.02. The van der Waals surface area contributed by atoms with Gasteiger partial charge in [0.25, 0.3) is 0 Å². The number of aliphatic imine (C=N–C) groups is 1. The predicted molar refractivity (Wildman–Crippen MR) is 59.5 cm³/mol. The van der Waals surface area contributed by atoms with Gasteiger partial charge in [0.05, 0.1) is 0 Å². The first-order valence-corrected chi connectivity index (χ1v) is 5.16. The Balaban J connectivity index is 4.08. The summed E-state index contributed by atoms with van der Waals surface area (Å²) in [5, 5.41) is 4.93. The van der Waals surface area contributed by atoms with Gasteiger partial charge in [0.1, 0.15) is 0 Å². The first-order chi connectivity index (χ1) is 7.06. The Hall–Kier alpha value is -1.39. The third-order valence-corrected chi connectivity index (χ3v) is 1.62. The molecule has 15 heavy (non-hydrogen) atoms. The van der Waals surface area contributed by atoms with Crippen molar-refractivity contribution in [3.05, 3.63) is 0 Å². The monoisotopic (exact) mass is 213 g/mol. The summed E-state index contributed by atoms with van der Waals surface area (Å²) < 4.78 is 0. The van der Waals surface area contributed by atoms with Crippen LogP contribution in [0.2, 0.25) is 0 Å². The van der Waals surface area contributed by atoms with E-state index in [-0.39, 0.29) is 17.8 Å². The van der Waals surface area contributed by atoms with Crippen molar-refractivity contribution in [3.63, 3.8) is 0 Å². The van der Waals surface area contributed by atoms with Gasteiger partial charge in [0.2, 0.25) is 17.8 Å². The highest BCUT2D eigenvalue weighted by Crippen LogP contribution is 1.93. The Morgan fingerprint density at radius 1 is 1.07 bits per heavy atom. The highest BCUT2D eigenvalue weighted by atomic mass is 16.2. The second-order valence-electron chi connectivity index (χ2n) is 3.30. The zero-order valence-corrected chi connectivity index (χ0v) is 9.59. The van der Waals surface area contributed by atoms with E-state index >= 15 is 0 Å². The Labute approximate surface area is 90.3 Å². The van der Waals surface area contributed by atoms with Crippen LogP contribution in [0.15, 0.2) is 4.99 Å². The average Bonchev–Trinajstić information content (AvgIpc) is 2.10. The molecule has 86 valence electrons. The van der Waals surface area contributed by atoms with Crippen LogP contribution in [0.4, 0.5) is 0 Å². The van der Waals surface area contributed by atoms with Crippen LogP contribution in [0, 0.1) is 0 Å². The van der Waals surface area contributed by atoms with Gasteiger partial charge >= 0.3 is 0 Å². The number of nitrogens with zero attached hydrogens (tertiary/aromatic N) is 1. The maximum absolute atomic E-state index is 10.8. The molecule has 0 aromatic rings. The van der Waals surface area contributed by atoms with Gasteiger partial charge in [0, 0.05) is 20.4 Å². The van der Waals surface area contributed by atoms with Gasteiger partial charge in [-0.1, -0.05) is 19.8 Å². The van der Waals surface area contributed by atoms with Gasteiger partial charge in [-0.25, -0.2) is 0 Å². The standard InChI is InChI=1S/C10H19N3O2/c1-4-5-6-7-11-10(12-8(2)14)13-9(3)15/h4-7H2,1-3H3,(H2,11,12,13,14,15). The van der Waals surface area contributed by atoms with Crippen LogP contribution in [-0.4, -0.2) is 24.3 Å². The van der Waals surface area contributed by atoms with Crippen LogP contribution in [-0.2, 0) is 9.59 Å². The van der Waals surface area contributed by atoms with Crippen LogP contribution in [0.5, 0.6) is 0 Å². The number of nitrogens with one attached hydrogen (secondary N) is 2. The predicted octanol–water partition coefficient (Wildman–Crippen LogP) is 0.805. The fourth-order valence-corrected chi connectivity index (χ4v) is 0.996. The summed E-state index contributed by atoms with van der Waals surface area (Å²) in [6, 6.07) is 0. The minimum Gasteiger partial charge on any atom is -0.297 e. The third-order valence-electron chi connectivity index (χ3n) is 1.62. The summed E-state index contributed by atoms with van der Waals surface area (Å²) in [5.41, 5.74) is 0. The van der Waals surface area contributed by atoms with Crippen molar-refractivity contribution >= 4 is 17.8 Å². The molecular formula is C10H19N3O2. The lowest BCUT2D eigenvalue weighted by Crippen LogP contribution is -2.42. The number of amides is 2. The molecule has 0 bridgehead atoms. The Kier molecular flexibility index (Phi) is 7.23. The molecule has 0 saturated heterocycles. The molecule has 5 heteroatoms. The van der Waals surface area contributed by atoms with Crippen molar-refractivity contribution in [1.82, 2.24) is 10.6 Å². The van der Waals surface area contributed by atoms with Gasteiger partial charge in [-0.3, -0.25) is 25.2 Å². The van der Waals surface area contributed by atoms with E-state index < -0.39 is 0 Å². The van der Waals surface area contributed by atoms with E-state index in [1.54, 1.807) is 0 Å². The van der Waals surface area contributed by atoms with Crippen molar-refractivity contribution in [2.45, 2.75) is 40.0 Å². The van der Waals surface area contributed by atoms with Crippen molar-refractivity contribution in [2.24, 2.45) is 4.99 Å². The van der Waals surface area contributed by atoms with E-state index in [2.05, 4.69) is 22.5 Å². The molecule has 0 aliphatic heterocycles. The Morgan fingerprint density at radius 2 is 1.60 bits per heavy atom. The van der Waals surface area contributed by atoms with Crippen LogP contribution >= 0.6 is 0 Å². The number of hydrogen-bond donors (Lipinski definition) is 2. The minimum atomic E-state index is -0.238. The van der Waals surface area contributed by atoms with Crippen molar-refractivity contribution < 1.29 is 9.59 Å². The van der Waals surface area contributed by atoms with E-state index in [9.17, 15) is 9.59 Å². The number of guanidine groups is 1. The van der Waals surface area contributed by atoms with Crippen LogP contribution in [0.1, 0.15) is 40.0 Å². The smallest absolute Gasteiger partial charge is 0.223 e. The lowest BCUT2D eigenvalue weighted by molar-refractivity contribution is -0.117. The Bertz CT molecular complexity index is 231. The molecule has 5 nitrogen and oxygen atoms in total. The second-order valence-corrected chi connectivity index (χ2v) is 3.30. The molecule has 0 spiro atoms. The molecule has 0 aliphatic carbocycles. The van der Waals surface area contributed by atoms with Gasteiger partial charge in [-0.15, -0.1) is 0 Å². The molecule has 0 aliphatic rings. The molecule has 0 aromatic heterocycles. The van der Waals surface area contributed by atoms with Crippen molar-refractivity contribution in [1.29, 1.82) is 0 Å². The van der Waals surface area contributed by atoms with E-state index in [0.717, 1.165) is 19.3 Å². The topological polar surface area (TPSA) is 70.6 Å². The number of rotatable bonds is 4. The largest absolute Gasteiger partial charge is 0.297 e. The fourth-order valence-electron chi connectivity index (χ4n) is 0.996. The summed E-state index contributed by atoms with van der Waals surface area (Å²) in [5.74, 6) is -0.234. The van der Waals surface area contributed by atoms with E-state index in [4.69, 9.17) is 0 Å². The molecule has 0 unspecified atom stereocenters. The Morgan fingerprint density at radius 3 is 2.00 bits per heavy atom. The number of carbonyl (C=O) groups is 2. The summed E-state index contributed by atoms with van der Waals surface area (Å²) in [6.07, 6.45) is 3.17. The van der Waals surface area contributed by atoms with Crippen molar-refractivity contribution in [2.75, 3.05) is 6.54 Å². The van der Waals surface area contributed by atoms with Gasteiger partial charge in [0.15, 0.2) is 0 Å². The van der Waals surface area contributed by atoms with Crippen LogP contribution in [0.25, 0.3) is 0 Å². The average molecular weight is 213 g/mol. The maximum atomic E-state index is 10.8. The quantitative estimate of drug-likeness (QED) is 0.412. The number of hydrogen-bond acceptors (Lipinski definition) is 3. The lowest BCUT2D eigenvalue weighted by Gasteiger charge is -2.06. The third kappa shape index (κ3) is 8.93. The van der Waals surface area contributed by atoms with Gasteiger partial charge in [-0.2, -0.15) is 0 Å². The first kappa shape index (κ1) is 13.6. The zero-order chi connectivity index (χ0) is 11.7. The molecule has 0 radical (unpaired) electrons. The van der Waals surface area contributed by atoms with E-state index in [1.165, 1.54) is 13.8 Å². The molecule has 2 amide bonds. The number of unbranched alkanes of at least 4 members (excludes halogenated alkanes) is 2.